The van der Waals surface area contributed by atoms with Gasteiger partial charge in [-0.1, -0.05) is 15.9 Å². The molecule has 5 nitrogen and oxygen atoms in total. The molecule has 0 atom stereocenters. The van der Waals surface area contributed by atoms with E-state index in [4.69, 9.17) is 4.74 Å². The van der Waals surface area contributed by atoms with E-state index >= 15 is 0 Å². The zero-order valence-electron chi connectivity index (χ0n) is 13.5. The van der Waals surface area contributed by atoms with Gasteiger partial charge in [-0.05, 0) is 58.4 Å². The lowest BCUT2D eigenvalue weighted by molar-refractivity contribution is -0.111. The van der Waals surface area contributed by atoms with Crippen molar-refractivity contribution in [3.8, 4) is 5.75 Å². The zero-order chi connectivity index (χ0) is 18.4. The quantitative estimate of drug-likeness (QED) is 0.512. The molecule has 0 saturated carbocycles. The van der Waals surface area contributed by atoms with Crippen LogP contribution in [0.15, 0.2) is 51.4 Å². The lowest BCUT2D eigenvalue weighted by Crippen LogP contribution is -2.08. The highest BCUT2D eigenvalue weighted by Gasteiger charge is 2.08. The minimum Gasteiger partial charge on any atom is -0.495 e. The fourth-order valence-electron chi connectivity index (χ4n) is 2.08. The fraction of sp³-hybridized carbons (Fsp3) is 0.111. The van der Waals surface area contributed by atoms with E-state index in [1.165, 1.54) is 13.2 Å². The number of carbonyl (C=O) groups excluding carboxylic acids is 2. The second-order valence-corrected chi connectivity index (χ2v) is 6.67. The average Bonchev–Trinajstić information content (AvgIpc) is 2.59. The maximum Gasteiger partial charge on any atom is 0.337 e. The molecule has 0 saturated heterocycles. The van der Waals surface area contributed by atoms with Crippen molar-refractivity contribution in [2.45, 2.75) is 0 Å². The number of nitrogens with one attached hydrogen (secondary N) is 1. The molecule has 7 heteroatoms. The molecule has 0 spiro atoms. The van der Waals surface area contributed by atoms with Crippen LogP contribution in [-0.4, -0.2) is 26.1 Å². The Morgan fingerprint density at radius 1 is 1.08 bits per heavy atom. The second kappa shape index (κ2) is 8.82. The summed E-state index contributed by atoms with van der Waals surface area (Å²) in [5, 5.41) is 2.72. The third kappa shape index (κ3) is 5.17. The van der Waals surface area contributed by atoms with E-state index in [9.17, 15) is 9.59 Å². The van der Waals surface area contributed by atoms with Crippen LogP contribution < -0.4 is 10.1 Å². The van der Waals surface area contributed by atoms with Gasteiger partial charge in [-0.25, -0.2) is 4.79 Å². The predicted molar refractivity (Wildman–Crippen MR) is 104 cm³/mol. The number of halogens is 2. The van der Waals surface area contributed by atoms with Crippen molar-refractivity contribution in [3.63, 3.8) is 0 Å². The number of benzene rings is 2. The zero-order valence-corrected chi connectivity index (χ0v) is 16.7. The maximum atomic E-state index is 12.1. The Morgan fingerprint density at radius 2 is 1.76 bits per heavy atom. The van der Waals surface area contributed by atoms with Crippen LogP contribution in [0, 0.1) is 0 Å². The van der Waals surface area contributed by atoms with Crippen molar-refractivity contribution in [3.05, 3.63) is 62.5 Å². The van der Waals surface area contributed by atoms with Gasteiger partial charge >= 0.3 is 5.97 Å². The molecule has 2 aromatic carbocycles. The Morgan fingerprint density at radius 3 is 2.36 bits per heavy atom. The van der Waals surface area contributed by atoms with Gasteiger partial charge in [0.05, 0.1) is 24.3 Å². The van der Waals surface area contributed by atoms with E-state index in [-0.39, 0.29) is 5.91 Å². The van der Waals surface area contributed by atoms with Crippen molar-refractivity contribution < 1.29 is 19.1 Å². The minimum atomic E-state index is -0.426. The van der Waals surface area contributed by atoms with E-state index in [2.05, 4.69) is 41.9 Å². The lowest BCUT2D eigenvalue weighted by atomic mass is 10.2. The third-order valence-corrected chi connectivity index (χ3v) is 4.28. The lowest BCUT2D eigenvalue weighted by Gasteiger charge is -2.08. The van der Waals surface area contributed by atoms with Crippen LogP contribution in [0.25, 0.3) is 6.08 Å². The second-order valence-electron chi connectivity index (χ2n) is 4.90. The molecule has 0 unspecified atom stereocenters. The molecule has 0 aliphatic rings. The summed E-state index contributed by atoms with van der Waals surface area (Å²) in [6, 6.07) is 10.1. The number of amides is 1. The predicted octanol–water partition coefficient (Wildman–Crippen LogP) is 4.66. The molecule has 0 bridgehead atoms. The van der Waals surface area contributed by atoms with Crippen LogP contribution in [0.2, 0.25) is 0 Å². The van der Waals surface area contributed by atoms with Gasteiger partial charge in [0.25, 0.3) is 0 Å². The van der Waals surface area contributed by atoms with E-state index in [1.807, 2.05) is 12.1 Å². The molecule has 0 fully saturated rings. The first kappa shape index (κ1) is 19.2. The Labute approximate surface area is 162 Å². The van der Waals surface area contributed by atoms with E-state index in [1.54, 1.807) is 37.5 Å². The van der Waals surface area contributed by atoms with Crippen LogP contribution >= 0.6 is 31.9 Å². The molecular weight excluding hydrogens is 454 g/mol. The molecule has 2 aromatic rings. The molecule has 0 aromatic heterocycles. The highest BCUT2D eigenvalue weighted by Crippen LogP contribution is 2.33. The maximum absolute atomic E-state index is 12.1. The van der Waals surface area contributed by atoms with E-state index < -0.39 is 5.97 Å². The normalized spacial score (nSPS) is 10.6. The molecule has 130 valence electrons. The number of rotatable bonds is 5. The summed E-state index contributed by atoms with van der Waals surface area (Å²) in [6.45, 7) is 0. The summed E-state index contributed by atoms with van der Waals surface area (Å²) < 4.78 is 11.6. The van der Waals surface area contributed by atoms with Crippen molar-refractivity contribution in [1.82, 2.24) is 0 Å². The van der Waals surface area contributed by atoms with Crippen molar-refractivity contribution in [2.24, 2.45) is 0 Å². The van der Waals surface area contributed by atoms with Crippen molar-refractivity contribution >= 4 is 55.5 Å². The molecule has 2 rings (SSSR count). The molecule has 0 aliphatic heterocycles. The van der Waals surface area contributed by atoms with Crippen LogP contribution in [0.5, 0.6) is 5.75 Å². The molecule has 0 heterocycles. The summed E-state index contributed by atoms with van der Waals surface area (Å²) in [7, 11) is 2.88. The first-order valence-corrected chi connectivity index (χ1v) is 8.73. The summed E-state index contributed by atoms with van der Waals surface area (Å²) in [4.78, 5) is 23.5. The molecule has 0 aliphatic carbocycles. The molecule has 25 heavy (non-hydrogen) atoms. The molecule has 1 N–H and O–H groups in total. The number of anilines is 1. The Hall–Kier alpha value is -2.12. The summed E-state index contributed by atoms with van der Waals surface area (Å²) in [6.07, 6.45) is 3.07. The van der Waals surface area contributed by atoms with E-state index in [0.29, 0.717) is 17.0 Å². The van der Waals surface area contributed by atoms with Crippen LogP contribution in [-0.2, 0) is 9.53 Å². The highest BCUT2D eigenvalue weighted by molar-refractivity contribution is 9.11. The first-order chi connectivity index (χ1) is 11.9. The number of ether oxygens (including phenoxy) is 2. The van der Waals surface area contributed by atoms with Gasteiger partial charge in [0, 0.05) is 21.8 Å². The summed E-state index contributed by atoms with van der Waals surface area (Å²) in [5.41, 5.74) is 1.74. The smallest absolute Gasteiger partial charge is 0.337 e. The molecule has 0 radical (unpaired) electrons. The van der Waals surface area contributed by atoms with Crippen LogP contribution in [0.1, 0.15) is 15.9 Å². The van der Waals surface area contributed by atoms with Gasteiger partial charge in [-0.3, -0.25) is 4.79 Å². The van der Waals surface area contributed by atoms with Crippen LogP contribution in [0.3, 0.4) is 0 Å². The summed E-state index contributed by atoms with van der Waals surface area (Å²) in [5.74, 6) is -0.0938. The Bertz CT molecular complexity index is 817. The van der Waals surface area contributed by atoms with Gasteiger partial charge < -0.3 is 14.8 Å². The van der Waals surface area contributed by atoms with Gasteiger partial charge in [-0.2, -0.15) is 0 Å². The number of methoxy groups -OCH3 is 2. The topological polar surface area (TPSA) is 64.6 Å². The van der Waals surface area contributed by atoms with Gasteiger partial charge in [0.2, 0.25) is 5.91 Å². The highest BCUT2D eigenvalue weighted by atomic mass is 79.9. The minimum absolute atomic E-state index is 0.302. The third-order valence-electron chi connectivity index (χ3n) is 3.23. The van der Waals surface area contributed by atoms with Crippen molar-refractivity contribution in [2.75, 3.05) is 19.5 Å². The van der Waals surface area contributed by atoms with Crippen molar-refractivity contribution in [1.29, 1.82) is 0 Å². The first-order valence-electron chi connectivity index (χ1n) is 7.15. The summed E-state index contributed by atoms with van der Waals surface area (Å²) >= 11 is 6.82. The number of esters is 1. The van der Waals surface area contributed by atoms with Gasteiger partial charge in [0.15, 0.2) is 0 Å². The number of hydrogen-bond donors (Lipinski definition) is 1. The average molecular weight is 469 g/mol. The largest absolute Gasteiger partial charge is 0.495 e. The fourth-order valence-corrected chi connectivity index (χ4v) is 3.50. The Kier molecular flexibility index (Phi) is 6.78. The SMILES string of the molecule is COC(=O)c1ccc(NC(=O)/C=C/c2cc(Br)cc(Br)c2OC)cc1. The number of carbonyl (C=O) groups is 2. The standard InChI is InChI=1S/C18H15Br2NO4/c1-24-17-12(9-13(19)10-15(17)20)5-8-16(22)21-14-6-3-11(4-7-14)18(23)25-2/h3-10H,1-2H3,(H,21,22)/b8-5+. The van der Waals surface area contributed by atoms with Gasteiger partial charge in [0.1, 0.15) is 5.75 Å². The van der Waals surface area contributed by atoms with E-state index in [0.717, 1.165) is 14.5 Å². The Balaban J connectivity index is 2.10. The monoisotopic (exact) mass is 467 g/mol. The van der Waals surface area contributed by atoms with Crippen LogP contribution in [0.4, 0.5) is 5.69 Å². The number of hydrogen-bond acceptors (Lipinski definition) is 4. The molecular formula is C18H15Br2NO4. The van der Waals surface area contributed by atoms with Gasteiger partial charge in [-0.15, -0.1) is 0 Å². The molecule has 1 amide bonds.